The van der Waals surface area contributed by atoms with Crippen molar-refractivity contribution in [2.75, 3.05) is 42.7 Å². The van der Waals surface area contributed by atoms with E-state index in [2.05, 4.69) is 30.3 Å². The Kier molecular flexibility index (Phi) is 7.51. The molecule has 0 atom stereocenters. The molecule has 0 spiro atoms. The van der Waals surface area contributed by atoms with Gasteiger partial charge in [-0.25, -0.2) is 17.5 Å². The van der Waals surface area contributed by atoms with Gasteiger partial charge in [-0.05, 0) is 43.3 Å². The van der Waals surface area contributed by atoms with Gasteiger partial charge < -0.3 is 15.5 Å². The van der Waals surface area contributed by atoms with E-state index >= 15 is 0 Å². The summed E-state index contributed by atoms with van der Waals surface area (Å²) >= 11 is 0. The second-order valence-electron chi connectivity index (χ2n) is 7.21. The number of nitrogens with zero attached hydrogens (tertiary/aromatic N) is 4. The van der Waals surface area contributed by atoms with Crippen molar-refractivity contribution in [3.05, 3.63) is 59.9 Å². The first-order valence-electron chi connectivity index (χ1n) is 9.94. The molecule has 0 fully saturated rings. The molecule has 1 heterocycles. The van der Waals surface area contributed by atoms with Crippen molar-refractivity contribution < 1.29 is 17.6 Å². The zero-order chi connectivity index (χ0) is 24.0. The summed E-state index contributed by atoms with van der Waals surface area (Å²) in [6.45, 7) is 1.69. The summed E-state index contributed by atoms with van der Waals surface area (Å²) in [6, 6.07) is 11.4. The second kappa shape index (κ2) is 10.3. The van der Waals surface area contributed by atoms with Gasteiger partial charge in [-0.1, -0.05) is 12.1 Å². The number of benzene rings is 2. The van der Waals surface area contributed by atoms with Crippen molar-refractivity contribution in [3.8, 4) is 0 Å². The number of sulfonamides is 1. The second-order valence-corrected chi connectivity index (χ2v) is 8.98. The average molecular weight is 474 g/mol. The fourth-order valence-corrected chi connectivity index (χ4v) is 3.71. The maximum absolute atomic E-state index is 13.1. The molecule has 3 rings (SSSR count). The van der Waals surface area contributed by atoms with E-state index < -0.39 is 10.0 Å². The van der Waals surface area contributed by atoms with Crippen LogP contribution in [0.3, 0.4) is 0 Å². The SMILES string of the molecule is CC(=O)c1ccc(S(=O)(=O)NCCNc2nc(Nc3ccc(F)cc3)nc(N(C)C)n2)cc1. The Hall–Kier alpha value is -3.64. The summed E-state index contributed by atoms with van der Waals surface area (Å²) in [7, 11) is -0.197. The normalized spacial score (nSPS) is 11.2. The average Bonchev–Trinajstić information content (AvgIpc) is 2.78. The van der Waals surface area contributed by atoms with Crippen molar-refractivity contribution >= 4 is 39.3 Å². The zero-order valence-electron chi connectivity index (χ0n) is 18.3. The first-order valence-corrected chi connectivity index (χ1v) is 11.4. The fraction of sp³-hybridized carbons (Fsp3) is 0.238. The summed E-state index contributed by atoms with van der Waals surface area (Å²) in [4.78, 5) is 26.0. The van der Waals surface area contributed by atoms with Crippen molar-refractivity contribution in [1.82, 2.24) is 19.7 Å². The smallest absolute Gasteiger partial charge is 0.240 e. The summed E-state index contributed by atoms with van der Waals surface area (Å²) < 4.78 is 40.5. The van der Waals surface area contributed by atoms with E-state index in [0.717, 1.165) is 0 Å². The van der Waals surface area contributed by atoms with Crippen LogP contribution in [0.1, 0.15) is 17.3 Å². The van der Waals surface area contributed by atoms with Crippen LogP contribution >= 0.6 is 0 Å². The minimum atomic E-state index is -3.74. The number of nitrogens with one attached hydrogen (secondary N) is 3. The number of hydrogen-bond acceptors (Lipinski definition) is 9. The number of ketones is 1. The molecule has 0 bridgehead atoms. The number of hydrogen-bond donors (Lipinski definition) is 3. The van der Waals surface area contributed by atoms with Gasteiger partial charge in [0.2, 0.25) is 27.9 Å². The molecule has 0 aliphatic carbocycles. The third-order valence-electron chi connectivity index (χ3n) is 4.40. The van der Waals surface area contributed by atoms with Gasteiger partial charge in [-0.3, -0.25) is 4.79 Å². The summed E-state index contributed by atoms with van der Waals surface area (Å²) in [6.07, 6.45) is 0. The zero-order valence-corrected chi connectivity index (χ0v) is 19.1. The predicted octanol–water partition coefficient (Wildman–Crippen LogP) is 2.41. The molecule has 3 aromatic rings. The first-order chi connectivity index (χ1) is 15.6. The molecule has 10 nitrogen and oxygen atoms in total. The molecule has 2 aromatic carbocycles. The van der Waals surface area contributed by atoms with Crippen LogP contribution in [0, 0.1) is 5.82 Å². The van der Waals surface area contributed by atoms with Crippen LogP contribution in [-0.2, 0) is 10.0 Å². The monoisotopic (exact) mass is 473 g/mol. The standard InChI is InChI=1S/C21H24FN7O3S/c1-14(30)15-4-10-18(11-5-15)33(31,32)24-13-12-23-19-26-20(28-21(27-19)29(2)3)25-17-8-6-16(22)7-9-17/h4-11,24H,12-13H2,1-3H3,(H2,23,25,26,27,28). The third-order valence-corrected chi connectivity index (χ3v) is 5.87. The van der Waals surface area contributed by atoms with Crippen LogP contribution in [-0.4, -0.2) is 56.3 Å². The first kappa shape index (κ1) is 24.0. The van der Waals surface area contributed by atoms with Gasteiger partial charge in [-0.15, -0.1) is 0 Å². The minimum Gasteiger partial charge on any atom is -0.353 e. The number of aromatic nitrogens is 3. The molecule has 174 valence electrons. The van der Waals surface area contributed by atoms with Crippen LogP contribution in [0.4, 0.5) is 27.9 Å². The molecule has 0 aliphatic heterocycles. The maximum atomic E-state index is 13.1. The van der Waals surface area contributed by atoms with Crippen molar-refractivity contribution in [2.24, 2.45) is 0 Å². The Labute approximate surface area is 191 Å². The van der Waals surface area contributed by atoms with E-state index in [1.807, 2.05) is 0 Å². The molecule has 0 unspecified atom stereocenters. The molecule has 0 saturated carbocycles. The van der Waals surface area contributed by atoms with E-state index in [0.29, 0.717) is 17.2 Å². The van der Waals surface area contributed by atoms with Crippen LogP contribution in [0.5, 0.6) is 0 Å². The predicted molar refractivity (Wildman–Crippen MR) is 124 cm³/mol. The van der Waals surface area contributed by atoms with Crippen molar-refractivity contribution in [2.45, 2.75) is 11.8 Å². The highest BCUT2D eigenvalue weighted by Gasteiger charge is 2.14. The molecular formula is C21H24FN7O3S. The highest BCUT2D eigenvalue weighted by atomic mass is 32.2. The molecule has 0 saturated heterocycles. The van der Waals surface area contributed by atoms with E-state index in [4.69, 9.17) is 0 Å². The van der Waals surface area contributed by atoms with Gasteiger partial charge in [0.1, 0.15) is 5.82 Å². The quantitative estimate of drug-likeness (QED) is 0.300. The molecule has 0 aliphatic rings. The Bertz CT molecular complexity index is 1220. The molecule has 0 radical (unpaired) electrons. The number of halogens is 1. The van der Waals surface area contributed by atoms with E-state index in [1.54, 1.807) is 31.1 Å². The van der Waals surface area contributed by atoms with Gasteiger partial charge in [0, 0.05) is 38.4 Å². The molecule has 3 N–H and O–H groups in total. The van der Waals surface area contributed by atoms with Crippen LogP contribution in [0.2, 0.25) is 0 Å². The summed E-state index contributed by atoms with van der Waals surface area (Å²) in [5.41, 5.74) is 1.04. The lowest BCUT2D eigenvalue weighted by Crippen LogP contribution is -2.29. The topological polar surface area (TPSA) is 129 Å². The lowest BCUT2D eigenvalue weighted by atomic mass is 10.2. The Morgan fingerprint density at radius 3 is 2.18 bits per heavy atom. The van der Waals surface area contributed by atoms with E-state index in [1.165, 1.54) is 43.3 Å². The minimum absolute atomic E-state index is 0.0633. The van der Waals surface area contributed by atoms with Crippen LogP contribution in [0.25, 0.3) is 0 Å². The number of anilines is 4. The summed E-state index contributed by atoms with van der Waals surface area (Å²) in [5, 5.41) is 5.95. The molecular weight excluding hydrogens is 449 g/mol. The Morgan fingerprint density at radius 2 is 1.58 bits per heavy atom. The van der Waals surface area contributed by atoms with Gasteiger partial charge in [0.15, 0.2) is 5.78 Å². The Morgan fingerprint density at radius 1 is 0.939 bits per heavy atom. The lowest BCUT2D eigenvalue weighted by molar-refractivity contribution is 0.101. The number of carbonyl (C=O) groups is 1. The van der Waals surface area contributed by atoms with Crippen molar-refractivity contribution in [3.63, 3.8) is 0 Å². The van der Waals surface area contributed by atoms with Crippen molar-refractivity contribution in [1.29, 1.82) is 0 Å². The highest BCUT2D eigenvalue weighted by Crippen LogP contribution is 2.17. The van der Waals surface area contributed by atoms with Gasteiger partial charge >= 0.3 is 0 Å². The Balaban J connectivity index is 1.63. The lowest BCUT2D eigenvalue weighted by Gasteiger charge is -2.14. The van der Waals surface area contributed by atoms with Crippen LogP contribution in [0.15, 0.2) is 53.4 Å². The largest absolute Gasteiger partial charge is 0.353 e. The number of carbonyl (C=O) groups excluding carboxylic acids is 1. The fourth-order valence-electron chi connectivity index (χ4n) is 2.67. The van der Waals surface area contributed by atoms with Gasteiger partial charge in [0.25, 0.3) is 0 Å². The maximum Gasteiger partial charge on any atom is 0.240 e. The van der Waals surface area contributed by atoms with Crippen LogP contribution < -0.4 is 20.3 Å². The molecule has 1 aromatic heterocycles. The summed E-state index contributed by atoms with van der Waals surface area (Å²) in [5.74, 6) is 0.365. The number of rotatable bonds is 10. The van der Waals surface area contributed by atoms with Gasteiger partial charge in [0.05, 0.1) is 4.90 Å². The molecule has 12 heteroatoms. The van der Waals surface area contributed by atoms with Gasteiger partial charge in [-0.2, -0.15) is 15.0 Å². The third kappa shape index (κ3) is 6.67. The molecule has 33 heavy (non-hydrogen) atoms. The van der Waals surface area contributed by atoms with E-state index in [-0.39, 0.29) is 41.5 Å². The number of Topliss-reactive ketones (excluding diaryl/α,β-unsaturated/α-hetero) is 1. The van der Waals surface area contributed by atoms with E-state index in [9.17, 15) is 17.6 Å². The molecule has 0 amide bonds. The highest BCUT2D eigenvalue weighted by molar-refractivity contribution is 7.89.